The number of rotatable bonds is 8. The molecular formula is C10H15N5Na3O13P3. The van der Waals surface area contributed by atoms with E-state index in [0.717, 1.165) is 0 Å². The number of ether oxygens (including phenoxy) is 1. The Morgan fingerprint density at radius 2 is 1.74 bits per heavy atom. The number of hydrogen-bond donors (Lipinski definition) is 3. The molecular weight excluding hydrogens is 560 g/mol. The van der Waals surface area contributed by atoms with Gasteiger partial charge in [-0.25, -0.2) is 23.6 Å². The molecule has 1 saturated heterocycles. The molecule has 0 amide bonds. The molecule has 3 heterocycles. The number of aliphatic hydroxyl groups is 1. The molecule has 0 saturated carbocycles. The first-order valence-corrected chi connectivity index (χ1v) is 12.2. The number of fused-ring (bicyclic) bond motifs is 1. The normalized spacial score (nSPS) is 24.8. The molecule has 34 heavy (non-hydrogen) atoms. The van der Waals surface area contributed by atoms with Crippen molar-refractivity contribution < 1.29 is 150 Å². The van der Waals surface area contributed by atoms with Crippen molar-refractivity contribution >= 4 is 40.4 Å². The topological polar surface area (TPSA) is 299 Å². The summed E-state index contributed by atoms with van der Waals surface area (Å²) < 4.78 is 51.0. The maximum Gasteiger partial charge on any atom is 1.00 e. The van der Waals surface area contributed by atoms with E-state index in [-0.39, 0.29) is 118 Å². The predicted octanol–water partition coefficient (Wildman–Crippen LogP) is -12.3. The molecule has 0 aliphatic carbocycles. The summed E-state index contributed by atoms with van der Waals surface area (Å²) in [5.74, 6) is 0.108. The molecule has 18 nitrogen and oxygen atoms in total. The Bertz CT molecular complexity index is 1090. The van der Waals surface area contributed by atoms with Crippen molar-refractivity contribution in [2.75, 3.05) is 12.3 Å². The zero-order valence-corrected chi connectivity index (χ0v) is 26.7. The summed E-state index contributed by atoms with van der Waals surface area (Å²) in [7, 11) is -17.5. The minimum atomic E-state index is -6.01. The van der Waals surface area contributed by atoms with Crippen molar-refractivity contribution in [1.82, 2.24) is 19.5 Å². The summed E-state index contributed by atoms with van der Waals surface area (Å²) in [4.78, 5) is 53.3. The first-order chi connectivity index (χ1) is 13.8. The molecule has 6 N–H and O–H groups in total. The van der Waals surface area contributed by atoms with E-state index < -0.39 is 48.5 Å². The van der Waals surface area contributed by atoms with Gasteiger partial charge in [-0.15, -0.1) is 0 Å². The number of nitrogens with zero attached hydrogens (tertiary/aromatic N) is 4. The van der Waals surface area contributed by atoms with E-state index in [1.54, 1.807) is 0 Å². The molecule has 6 atom stereocenters. The molecule has 6 unspecified atom stereocenters. The Balaban J connectivity index is 0. The Morgan fingerprint density at radius 1 is 1.12 bits per heavy atom. The predicted molar refractivity (Wildman–Crippen MR) is 91.0 cm³/mol. The Morgan fingerprint density at radius 3 is 2.32 bits per heavy atom. The van der Waals surface area contributed by atoms with Gasteiger partial charge in [0, 0.05) is 6.42 Å². The van der Waals surface area contributed by atoms with E-state index in [0.29, 0.717) is 0 Å². The van der Waals surface area contributed by atoms with Crippen LogP contribution in [0.5, 0.6) is 0 Å². The van der Waals surface area contributed by atoms with Crippen LogP contribution < -0.4 is 109 Å². The van der Waals surface area contributed by atoms with E-state index in [2.05, 4.69) is 28.1 Å². The molecule has 0 radical (unpaired) electrons. The quantitative estimate of drug-likeness (QED) is 0.194. The SMILES string of the molecule is Nc1ncnc2c1ncn2C1CC(O)C(COP(=O)([O-])OP(=O)([O-])OP(=O)([O-])O)O1.O.[Na+].[Na+].[Na+]. The fourth-order valence-corrected chi connectivity index (χ4v) is 5.47. The third-order valence-electron chi connectivity index (χ3n) is 3.70. The maximum absolute atomic E-state index is 11.6. The van der Waals surface area contributed by atoms with Crippen LogP contribution in [0.15, 0.2) is 12.7 Å². The van der Waals surface area contributed by atoms with E-state index in [4.69, 9.17) is 15.4 Å². The number of anilines is 1. The zero-order chi connectivity index (χ0) is 22.3. The van der Waals surface area contributed by atoms with Crippen molar-refractivity contribution in [3.05, 3.63) is 12.7 Å². The summed E-state index contributed by atoms with van der Waals surface area (Å²) in [5.41, 5.74) is 6.24. The number of imidazole rings is 1. The van der Waals surface area contributed by atoms with Crippen LogP contribution in [0.4, 0.5) is 5.82 Å². The molecule has 24 heteroatoms. The molecule has 2 aromatic heterocycles. The summed E-state index contributed by atoms with van der Waals surface area (Å²) in [6.45, 7) is -0.893. The average Bonchev–Trinajstić information content (AvgIpc) is 3.14. The van der Waals surface area contributed by atoms with Crippen LogP contribution in [-0.2, 0) is 31.6 Å². The molecule has 1 aliphatic rings. The molecule has 0 bridgehead atoms. The molecule has 1 fully saturated rings. The standard InChI is InChI=1S/C10H16N5O12P3.3Na.H2O/c11-9-8-10(13-3-12-9)15(4-14-8)7-1-5(16)6(25-7)2-24-29(20,21)27-30(22,23)26-28(17,18)19;;;;/h3-7,16H,1-2H2,(H,20,21)(H,22,23)(H2,11,12,13)(H2,17,18,19);;;;1H2/q;3*+1;/p-3. The van der Waals surface area contributed by atoms with Gasteiger partial charge in [0.2, 0.25) is 0 Å². The number of aromatic nitrogens is 4. The number of phosphoric acid groups is 3. The summed E-state index contributed by atoms with van der Waals surface area (Å²) in [6.07, 6.45) is -0.897. The van der Waals surface area contributed by atoms with Gasteiger partial charge in [0.15, 0.2) is 11.5 Å². The van der Waals surface area contributed by atoms with E-state index in [1.807, 2.05) is 0 Å². The number of hydrogen-bond acceptors (Lipinski definition) is 15. The van der Waals surface area contributed by atoms with Gasteiger partial charge >= 0.3 is 88.7 Å². The van der Waals surface area contributed by atoms with Crippen LogP contribution in [0.2, 0.25) is 0 Å². The van der Waals surface area contributed by atoms with Gasteiger partial charge in [0.1, 0.15) is 24.2 Å². The van der Waals surface area contributed by atoms with Crippen LogP contribution in [-0.4, -0.2) is 53.8 Å². The summed E-state index contributed by atoms with van der Waals surface area (Å²) in [5, 5.41) is 10.1. The average molecular weight is 575 g/mol. The monoisotopic (exact) mass is 575 g/mol. The molecule has 3 rings (SSSR count). The first-order valence-electron chi connectivity index (χ1n) is 7.76. The van der Waals surface area contributed by atoms with Crippen LogP contribution in [0.1, 0.15) is 12.6 Å². The second kappa shape index (κ2) is 14.7. The van der Waals surface area contributed by atoms with Gasteiger partial charge in [0.25, 0.3) is 23.5 Å². The Hall–Kier alpha value is 1.64. The van der Waals surface area contributed by atoms with Gasteiger partial charge in [-0.1, -0.05) is 0 Å². The maximum atomic E-state index is 11.6. The molecule has 0 aromatic carbocycles. The minimum Gasteiger partial charge on any atom is -0.756 e. The fraction of sp³-hybridized carbons (Fsp3) is 0.500. The Kier molecular flexibility index (Phi) is 16.3. The van der Waals surface area contributed by atoms with E-state index in [1.165, 1.54) is 17.2 Å². The minimum absolute atomic E-state index is 0. The van der Waals surface area contributed by atoms with Crippen molar-refractivity contribution in [3.8, 4) is 0 Å². The molecule has 0 spiro atoms. The third kappa shape index (κ3) is 10.4. The van der Waals surface area contributed by atoms with Gasteiger partial charge in [-0.05, 0) is 0 Å². The number of phosphoric ester groups is 1. The van der Waals surface area contributed by atoms with Crippen molar-refractivity contribution in [3.63, 3.8) is 0 Å². The second-order valence-electron chi connectivity index (χ2n) is 5.84. The van der Waals surface area contributed by atoms with Crippen LogP contribution >= 0.6 is 23.5 Å². The number of nitrogens with two attached hydrogens (primary N) is 1. The number of aliphatic hydroxyl groups excluding tert-OH is 1. The third-order valence-corrected chi connectivity index (χ3v) is 7.39. The van der Waals surface area contributed by atoms with Crippen molar-refractivity contribution in [1.29, 1.82) is 0 Å². The smallest absolute Gasteiger partial charge is 0.756 e. The Labute approximate surface area is 257 Å². The van der Waals surface area contributed by atoms with Crippen LogP contribution in [0.3, 0.4) is 0 Å². The zero-order valence-electron chi connectivity index (χ0n) is 18.0. The van der Waals surface area contributed by atoms with Gasteiger partial charge in [-0.3, -0.25) is 18.3 Å². The first kappa shape index (κ1) is 37.8. The molecule has 1 aliphatic heterocycles. The van der Waals surface area contributed by atoms with Crippen LogP contribution in [0, 0.1) is 0 Å². The van der Waals surface area contributed by atoms with Crippen LogP contribution in [0.25, 0.3) is 11.2 Å². The summed E-state index contributed by atoms with van der Waals surface area (Å²) in [6, 6.07) is 0. The van der Waals surface area contributed by atoms with Crippen molar-refractivity contribution in [2.45, 2.75) is 24.9 Å². The van der Waals surface area contributed by atoms with Gasteiger partial charge in [0.05, 0.1) is 19.0 Å². The molecule has 2 aromatic rings. The van der Waals surface area contributed by atoms with Crippen molar-refractivity contribution in [2.24, 2.45) is 0 Å². The van der Waals surface area contributed by atoms with Gasteiger partial charge < -0.3 is 45.2 Å². The molecule has 176 valence electrons. The fourth-order valence-electron chi connectivity index (χ4n) is 2.57. The second-order valence-corrected chi connectivity index (χ2v) is 10.1. The van der Waals surface area contributed by atoms with Gasteiger partial charge in [-0.2, -0.15) is 0 Å². The van der Waals surface area contributed by atoms with E-state index >= 15 is 0 Å². The largest absolute Gasteiger partial charge is 1.00 e. The number of nitrogen functional groups attached to an aromatic ring is 1. The summed E-state index contributed by atoms with van der Waals surface area (Å²) >= 11 is 0. The van der Waals surface area contributed by atoms with E-state index in [9.17, 15) is 33.5 Å².